The summed E-state index contributed by atoms with van der Waals surface area (Å²) in [6.07, 6.45) is 1.87. The summed E-state index contributed by atoms with van der Waals surface area (Å²) < 4.78 is 0. The maximum absolute atomic E-state index is 3.65. The third-order valence-electron chi connectivity index (χ3n) is 1.59. The molecule has 0 saturated heterocycles. The average Bonchev–Trinajstić information content (AvgIpc) is 2.46. The molecule has 1 rings (SSSR count). The second-order valence-corrected chi connectivity index (χ2v) is 3.78. The van der Waals surface area contributed by atoms with Crippen molar-refractivity contribution in [3.8, 4) is 0 Å². The maximum Gasteiger partial charge on any atom is 0.0890 e. The minimum Gasteiger partial charge on any atom is -0.373 e. The first-order chi connectivity index (χ1) is 6.24. The van der Waals surface area contributed by atoms with Crippen LogP contribution in [0.3, 0.4) is 0 Å². The molecule has 0 spiro atoms. The van der Waals surface area contributed by atoms with Crippen LogP contribution in [0.4, 0.5) is 5.00 Å². The summed E-state index contributed by atoms with van der Waals surface area (Å²) >= 11 is 1.80. The molecular weight excluding hydrogens is 178 g/mol. The van der Waals surface area contributed by atoms with E-state index in [1.807, 2.05) is 19.9 Å². The topological polar surface area (TPSA) is 12.0 Å². The summed E-state index contributed by atoms with van der Waals surface area (Å²) in [5, 5.41) is 4.49. The summed E-state index contributed by atoms with van der Waals surface area (Å²) in [6.45, 7) is 12.8. The number of nitrogens with one attached hydrogen (secondary N) is 1. The number of aryl methyl sites for hydroxylation is 2. The fourth-order valence-corrected chi connectivity index (χ4v) is 1.77. The summed E-state index contributed by atoms with van der Waals surface area (Å²) in [5.41, 5.74) is 1.36. The molecule has 1 nitrogen and oxygen atoms in total. The molecule has 0 atom stereocenters. The van der Waals surface area contributed by atoms with Crippen LogP contribution in [0.15, 0.2) is 18.7 Å². The number of anilines is 1. The van der Waals surface area contributed by atoms with E-state index >= 15 is 0 Å². The Labute approximate surface area is 85.5 Å². The van der Waals surface area contributed by atoms with E-state index in [0.717, 1.165) is 6.54 Å². The lowest BCUT2D eigenvalue weighted by Gasteiger charge is -1.95. The molecule has 2 heteroatoms. The zero-order chi connectivity index (χ0) is 10.3. The summed E-state index contributed by atoms with van der Waals surface area (Å²) in [5.74, 6) is 0. The first-order valence-electron chi connectivity index (χ1n) is 4.66. The first kappa shape index (κ1) is 12.2. The largest absolute Gasteiger partial charge is 0.373 e. The minimum absolute atomic E-state index is 0.847. The second-order valence-electron chi connectivity index (χ2n) is 2.52. The molecule has 1 heterocycles. The van der Waals surface area contributed by atoms with Gasteiger partial charge in [-0.25, -0.2) is 0 Å². The molecule has 0 aromatic carbocycles. The lowest BCUT2D eigenvalue weighted by molar-refractivity contribution is 1.36. The Bertz CT molecular complexity index is 231. The van der Waals surface area contributed by atoms with E-state index in [9.17, 15) is 0 Å². The van der Waals surface area contributed by atoms with Gasteiger partial charge in [0.15, 0.2) is 0 Å². The van der Waals surface area contributed by atoms with Gasteiger partial charge in [0.2, 0.25) is 0 Å². The van der Waals surface area contributed by atoms with E-state index in [0.29, 0.717) is 0 Å². The van der Waals surface area contributed by atoms with Crippen LogP contribution in [0.5, 0.6) is 0 Å². The van der Waals surface area contributed by atoms with Gasteiger partial charge < -0.3 is 5.32 Å². The van der Waals surface area contributed by atoms with Crippen LogP contribution in [-0.4, -0.2) is 6.54 Å². The molecular formula is C11H19NS. The van der Waals surface area contributed by atoms with Crippen LogP contribution < -0.4 is 5.32 Å². The Morgan fingerprint density at radius 2 is 2.08 bits per heavy atom. The first-order valence-corrected chi connectivity index (χ1v) is 5.47. The van der Waals surface area contributed by atoms with Crippen molar-refractivity contribution in [2.75, 3.05) is 11.9 Å². The Kier molecular flexibility index (Phi) is 6.33. The molecule has 0 aliphatic rings. The summed E-state index contributed by atoms with van der Waals surface area (Å²) in [6, 6.07) is 2.17. The van der Waals surface area contributed by atoms with E-state index in [1.165, 1.54) is 15.4 Å². The van der Waals surface area contributed by atoms with Gasteiger partial charge in [-0.1, -0.05) is 19.9 Å². The molecule has 0 aliphatic carbocycles. The quantitative estimate of drug-likeness (QED) is 0.722. The number of rotatable bonds is 3. The predicted molar refractivity (Wildman–Crippen MR) is 63.8 cm³/mol. The standard InChI is InChI=1S/C9H13NS.C2H6/c1-4-5-10-9-6-7(2)8(3)11-9;1-2/h4,6,10H,1,5H2,2-3H3;1-2H3. The highest BCUT2D eigenvalue weighted by molar-refractivity contribution is 7.16. The van der Waals surface area contributed by atoms with Crippen molar-refractivity contribution in [3.63, 3.8) is 0 Å². The molecule has 1 N–H and O–H groups in total. The lowest BCUT2D eigenvalue weighted by Crippen LogP contribution is -1.93. The molecule has 1 aromatic rings. The van der Waals surface area contributed by atoms with E-state index in [2.05, 4.69) is 31.8 Å². The monoisotopic (exact) mass is 197 g/mol. The van der Waals surface area contributed by atoms with E-state index in [1.54, 1.807) is 11.3 Å². The normalized spacial score (nSPS) is 8.62. The molecule has 0 saturated carbocycles. The molecule has 1 aromatic heterocycles. The SMILES string of the molecule is C=CCNc1cc(C)c(C)s1.CC. The van der Waals surface area contributed by atoms with Crippen LogP contribution >= 0.6 is 11.3 Å². The van der Waals surface area contributed by atoms with Crippen molar-refractivity contribution in [1.29, 1.82) is 0 Å². The van der Waals surface area contributed by atoms with Crippen molar-refractivity contribution in [2.24, 2.45) is 0 Å². The van der Waals surface area contributed by atoms with Gasteiger partial charge in [-0.2, -0.15) is 0 Å². The van der Waals surface area contributed by atoms with Gasteiger partial charge in [0.05, 0.1) is 5.00 Å². The van der Waals surface area contributed by atoms with Gasteiger partial charge in [0, 0.05) is 11.4 Å². The number of thiophene rings is 1. The molecule has 0 unspecified atom stereocenters. The highest BCUT2D eigenvalue weighted by atomic mass is 32.1. The summed E-state index contributed by atoms with van der Waals surface area (Å²) in [7, 11) is 0. The molecule has 0 amide bonds. The van der Waals surface area contributed by atoms with Crippen molar-refractivity contribution in [3.05, 3.63) is 29.2 Å². The minimum atomic E-state index is 0.847. The smallest absolute Gasteiger partial charge is 0.0890 e. The molecule has 74 valence electrons. The van der Waals surface area contributed by atoms with Crippen LogP contribution in [0.2, 0.25) is 0 Å². The number of hydrogen-bond acceptors (Lipinski definition) is 2. The van der Waals surface area contributed by atoms with Gasteiger partial charge in [-0.15, -0.1) is 17.9 Å². The fraction of sp³-hybridized carbons (Fsp3) is 0.455. The highest BCUT2D eigenvalue weighted by Crippen LogP contribution is 2.24. The highest BCUT2D eigenvalue weighted by Gasteiger charge is 1.98. The van der Waals surface area contributed by atoms with Crippen LogP contribution in [0.1, 0.15) is 24.3 Å². The zero-order valence-electron chi connectivity index (χ0n) is 8.98. The van der Waals surface area contributed by atoms with Crippen molar-refractivity contribution < 1.29 is 0 Å². The predicted octanol–water partition coefficient (Wildman–Crippen LogP) is 3.99. The lowest BCUT2D eigenvalue weighted by atomic mass is 10.3. The Hall–Kier alpha value is -0.760. The average molecular weight is 197 g/mol. The molecule has 13 heavy (non-hydrogen) atoms. The van der Waals surface area contributed by atoms with Crippen molar-refractivity contribution in [2.45, 2.75) is 27.7 Å². The van der Waals surface area contributed by atoms with Crippen LogP contribution in [0, 0.1) is 13.8 Å². The zero-order valence-corrected chi connectivity index (χ0v) is 9.79. The maximum atomic E-state index is 3.65. The van der Waals surface area contributed by atoms with E-state index in [-0.39, 0.29) is 0 Å². The van der Waals surface area contributed by atoms with Gasteiger partial charge in [0.1, 0.15) is 0 Å². The Balaban J connectivity index is 0.000000671. The van der Waals surface area contributed by atoms with Gasteiger partial charge >= 0.3 is 0 Å². The molecule has 0 bridgehead atoms. The second kappa shape index (κ2) is 6.72. The van der Waals surface area contributed by atoms with E-state index in [4.69, 9.17) is 0 Å². The third-order valence-corrected chi connectivity index (χ3v) is 2.70. The van der Waals surface area contributed by atoms with Crippen LogP contribution in [-0.2, 0) is 0 Å². The van der Waals surface area contributed by atoms with Gasteiger partial charge in [0.25, 0.3) is 0 Å². The van der Waals surface area contributed by atoms with Gasteiger partial charge in [-0.3, -0.25) is 0 Å². The fourth-order valence-electron chi connectivity index (χ4n) is 0.833. The van der Waals surface area contributed by atoms with E-state index < -0.39 is 0 Å². The van der Waals surface area contributed by atoms with Gasteiger partial charge in [-0.05, 0) is 25.5 Å². The number of hydrogen-bond donors (Lipinski definition) is 1. The Morgan fingerprint density at radius 1 is 1.46 bits per heavy atom. The Morgan fingerprint density at radius 3 is 2.46 bits per heavy atom. The summed E-state index contributed by atoms with van der Waals surface area (Å²) in [4.78, 5) is 1.39. The van der Waals surface area contributed by atoms with Crippen molar-refractivity contribution >= 4 is 16.3 Å². The molecule has 0 radical (unpaired) electrons. The van der Waals surface area contributed by atoms with Crippen LogP contribution in [0.25, 0.3) is 0 Å². The molecule has 0 aliphatic heterocycles. The third kappa shape index (κ3) is 4.13. The van der Waals surface area contributed by atoms with Crippen molar-refractivity contribution in [1.82, 2.24) is 0 Å². The molecule has 0 fully saturated rings.